The molecule has 1 aromatic carbocycles. The molecular weight excluding hydrogens is 275 g/mol. The minimum absolute atomic E-state index is 0.0776. The largest absolute Gasteiger partial charge is 0.368 e. The Morgan fingerprint density at radius 1 is 1.50 bits per heavy atom. The highest BCUT2D eigenvalue weighted by Crippen LogP contribution is 2.30. The predicted octanol–water partition coefficient (Wildman–Crippen LogP) is 2.94. The Bertz CT molecular complexity index is 455. The molecule has 1 aromatic rings. The molecule has 0 saturated heterocycles. The summed E-state index contributed by atoms with van der Waals surface area (Å²) in [5, 5.41) is 3.27. The van der Waals surface area contributed by atoms with Crippen molar-refractivity contribution < 1.29 is 9.18 Å². The molecule has 2 atom stereocenters. The van der Waals surface area contributed by atoms with Gasteiger partial charge in [-0.15, -0.1) is 11.8 Å². The summed E-state index contributed by atoms with van der Waals surface area (Å²) in [7, 11) is 0. The van der Waals surface area contributed by atoms with Crippen molar-refractivity contribution in [2.75, 3.05) is 6.54 Å². The molecule has 0 bridgehead atoms. The van der Waals surface area contributed by atoms with Crippen molar-refractivity contribution in [2.45, 2.75) is 49.3 Å². The van der Waals surface area contributed by atoms with E-state index < -0.39 is 5.54 Å². The highest BCUT2D eigenvalue weighted by Gasteiger charge is 2.32. The van der Waals surface area contributed by atoms with Crippen molar-refractivity contribution in [3.63, 3.8) is 0 Å². The number of nitrogens with one attached hydrogen (secondary N) is 1. The molecule has 0 aromatic heterocycles. The van der Waals surface area contributed by atoms with Crippen molar-refractivity contribution in [3.8, 4) is 0 Å². The van der Waals surface area contributed by atoms with Crippen LogP contribution in [0.3, 0.4) is 0 Å². The minimum atomic E-state index is -0.756. The summed E-state index contributed by atoms with van der Waals surface area (Å²) in [6.45, 7) is 6.55. The first kappa shape index (κ1) is 17.0. The van der Waals surface area contributed by atoms with Gasteiger partial charge in [0.2, 0.25) is 5.91 Å². The third-order valence-electron chi connectivity index (χ3n) is 3.17. The zero-order valence-electron chi connectivity index (χ0n) is 12.3. The van der Waals surface area contributed by atoms with Crippen LogP contribution in [0.2, 0.25) is 0 Å². The number of hydrogen-bond acceptors (Lipinski definition) is 3. The molecule has 2 unspecified atom stereocenters. The van der Waals surface area contributed by atoms with Crippen molar-refractivity contribution in [1.82, 2.24) is 5.32 Å². The lowest BCUT2D eigenvalue weighted by atomic mass is 9.95. The van der Waals surface area contributed by atoms with Crippen molar-refractivity contribution >= 4 is 17.7 Å². The maximum Gasteiger partial charge on any atom is 0.237 e. The van der Waals surface area contributed by atoms with E-state index in [0.29, 0.717) is 11.3 Å². The van der Waals surface area contributed by atoms with Crippen LogP contribution in [0.15, 0.2) is 29.2 Å². The second-order valence-electron chi connectivity index (χ2n) is 5.19. The number of halogens is 1. The van der Waals surface area contributed by atoms with Gasteiger partial charge < -0.3 is 11.1 Å². The lowest BCUT2D eigenvalue weighted by molar-refractivity contribution is -0.124. The molecule has 1 amide bonds. The summed E-state index contributed by atoms with van der Waals surface area (Å²) in [5.41, 5.74) is 4.74. The minimum Gasteiger partial charge on any atom is -0.368 e. The summed E-state index contributed by atoms with van der Waals surface area (Å²) in [5.74, 6) is -0.599. The number of rotatable bonds is 8. The van der Waals surface area contributed by atoms with Crippen LogP contribution in [0.1, 0.15) is 33.6 Å². The van der Waals surface area contributed by atoms with E-state index in [9.17, 15) is 9.18 Å². The molecule has 0 aliphatic heterocycles. The van der Waals surface area contributed by atoms with Crippen LogP contribution in [0.4, 0.5) is 4.39 Å². The number of primary amides is 1. The van der Waals surface area contributed by atoms with Gasteiger partial charge in [-0.05, 0) is 38.4 Å². The predicted molar refractivity (Wildman–Crippen MR) is 82.2 cm³/mol. The second kappa shape index (κ2) is 7.64. The summed E-state index contributed by atoms with van der Waals surface area (Å²) in [6.07, 6.45) is 1.49. The van der Waals surface area contributed by atoms with Crippen LogP contribution in [-0.2, 0) is 4.79 Å². The van der Waals surface area contributed by atoms with E-state index in [1.165, 1.54) is 17.8 Å². The fourth-order valence-corrected chi connectivity index (χ4v) is 3.22. The van der Waals surface area contributed by atoms with Crippen LogP contribution >= 0.6 is 11.8 Å². The molecule has 0 radical (unpaired) electrons. The lowest BCUT2D eigenvalue weighted by Crippen LogP contribution is -2.54. The number of amides is 1. The van der Waals surface area contributed by atoms with E-state index in [1.807, 2.05) is 20.8 Å². The summed E-state index contributed by atoms with van der Waals surface area (Å²) < 4.78 is 13.6. The van der Waals surface area contributed by atoms with Crippen molar-refractivity contribution in [1.29, 1.82) is 0 Å². The van der Waals surface area contributed by atoms with Gasteiger partial charge in [-0.1, -0.05) is 26.0 Å². The van der Waals surface area contributed by atoms with E-state index in [2.05, 4.69) is 5.32 Å². The average molecular weight is 298 g/mol. The Morgan fingerprint density at radius 3 is 2.70 bits per heavy atom. The van der Waals surface area contributed by atoms with Gasteiger partial charge in [0.15, 0.2) is 0 Å². The van der Waals surface area contributed by atoms with E-state index in [1.54, 1.807) is 18.2 Å². The van der Waals surface area contributed by atoms with Crippen molar-refractivity contribution in [3.05, 3.63) is 30.1 Å². The van der Waals surface area contributed by atoms with Gasteiger partial charge in [-0.3, -0.25) is 4.79 Å². The quantitative estimate of drug-likeness (QED) is 0.726. The molecule has 3 N–H and O–H groups in total. The Kier molecular flexibility index (Phi) is 6.49. The van der Waals surface area contributed by atoms with Gasteiger partial charge in [0, 0.05) is 10.1 Å². The molecule has 112 valence electrons. The average Bonchev–Trinajstić information content (AvgIpc) is 2.39. The highest BCUT2D eigenvalue weighted by atomic mass is 32.2. The summed E-state index contributed by atoms with van der Waals surface area (Å²) in [6, 6.07) is 6.66. The van der Waals surface area contributed by atoms with Gasteiger partial charge in [0.25, 0.3) is 0 Å². The number of hydrogen-bond donors (Lipinski definition) is 2. The Balaban J connectivity index is 2.69. The number of thioether (sulfide) groups is 1. The molecule has 1 rings (SSSR count). The van der Waals surface area contributed by atoms with Crippen LogP contribution in [0.5, 0.6) is 0 Å². The molecule has 20 heavy (non-hydrogen) atoms. The molecule has 0 heterocycles. The first-order chi connectivity index (χ1) is 9.39. The second-order valence-corrected chi connectivity index (χ2v) is 6.67. The fraction of sp³-hybridized carbons (Fsp3) is 0.533. The van der Waals surface area contributed by atoms with E-state index >= 15 is 0 Å². The number of carbonyl (C=O) groups is 1. The van der Waals surface area contributed by atoms with Crippen LogP contribution in [0.25, 0.3) is 0 Å². The topological polar surface area (TPSA) is 55.1 Å². The van der Waals surface area contributed by atoms with Crippen LogP contribution in [0, 0.1) is 5.82 Å². The van der Waals surface area contributed by atoms with Gasteiger partial charge in [-0.2, -0.15) is 0 Å². The maximum absolute atomic E-state index is 13.6. The molecule has 0 aliphatic rings. The normalized spacial score (nSPS) is 15.6. The molecule has 0 spiro atoms. The SMILES string of the molecule is CCCNC(C)(CC(C)Sc1ccccc1F)C(N)=O. The van der Waals surface area contributed by atoms with Crippen LogP contribution in [-0.4, -0.2) is 23.2 Å². The zero-order chi connectivity index (χ0) is 15.2. The van der Waals surface area contributed by atoms with Gasteiger partial charge in [0.05, 0.1) is 5.54 Å². The fourth-order valence-electron chi connectivity index (χ4n) is 2.03. The molecule has 0 aliphatic carbocycles. The van der Waals surface area contributed by atoms with Crippen molar-refractivity contribution in [2.24, 2.45) is 5.73 Å². The Morgan fingerprint density at radius 2 is 2.15 bits per heavy atom. The number of benzene rings is 1. The molecule has 5 heteroatoms. The molecule has 0 fully saturated rings. The first-order valence-electron chi connectivity index (χ1n) is 6.85. The van der Waals surface area contributed by atoms with E-state index in [-0.39, 0.29) is 17.0 Å². The summed E-state index contributed by atoms with van der Waals surface area (Å²) in [4.78, 5) is 12.3. The highest BCUT2D eigenvalue weighted by molar-refractivity contribution is 8.00. The first-order valence-corrected chi connectivity index (χ1v) is 7.73. The van der Waals surface area contributed by atoms with Gasteiger partial charge >= 0.3 is 0 Å². The Hall–Kier alpha value is -1.07. The van der Waals surface area contributed by atoms with Crippen LogP contribution < -0.4 is 11.1 Å². The molecule has 0 saturated carbocycles. The Labute approximate surface area is 124 Å². The lowest BCUT2D eigenvalue weighted by Gasteiger charge is -2.30. The van der Waals surface area contributed by atoms with Gasteiger partial charge in [0.1, 0.15) is 5.82 Å². The number of nitrogens with two attached hydrogens (primary N) is 1. The van der Waals surface area contributed by atoms with E-state index in [4.69, 9.17) is 5.73 Å². The third kappa shape index (κ3) is 4.80. The number of carbonyl (C=O) groups excluding carboxylic acids is 1. The standard InChI is InChI=1S/C15H23FN2OS/c1-4-9-18-15(3,14(17)19)10-11(2)20-13-8-6-5-7-12(13)16/h5-8,11,18H,4,9-10H2,1-3H3,(H2,17,19). The van der Waals surface area contributed by atoms with E-state index in [0.717, 1.165) is 13.0 Å². The smallest absolute Gasteiger partial charge is 0.237 e. The third-order valence-corrected chi connectivity index (χ3v) is 4.32. The monoisotopic (exact) mass is 298 g/mol. The molecular formula is C15H23FN2OS. The zero-order valence-corrected chi connectivity index (χ0v) is 13.1. The summed E-state index contributed by atoms with van der Waals surface area (Å²) >= 11 is 1.43. The van der Waals surface area contributed by atoms with Gasteiger partial charge in [-0.25, -0.2) is 4.39 Å². The molecule has 3 nitrogen and oxygen atoms in total. The maximum atomic E-state index is 13.6.